The normalized spacial score (nSPS) is 19.6. The van der Waals surface area contributed by atoms with Crippen molar-refractivity contribution in [3.8, 4) is 0 Å². The van der Waals surface area contributed by atoms with Gasteiger partial charge in [0.05, 0.1) is 0 Å². The molecule has 2 aromatic rings. The number of piperidine rings is 1. The molecule has 6 nitrogen and oxygen atoms in total. The van der Waals surface area contributed by atoms with Crippen molar-refractivity contribution in [2.24, 2.45) is 5.92 Å². The number of hydrogen-bond donors (Lipinski definition) is 1. The molecule has 3 heterocycles. The minimum Gasteiger partial charge on any atom is -0.351 e. The third-order valence-corrected chi connectivity index (χ3v) is 3.95. The fraction of sp³-hybridized carbons (Fsp3) is 0.643. The van der Waals surface area contributed by atoms with Gasteiger partial charge in [-0.3, -0.25) is 4.40 Å². The highest BCUT2D eigenvalue weighted by Crippen LogP contribution is 2.22. The summed E-state index contributed by atoms with van der Waals surface area (Å²) >= 11 is 0. The molecule has 0 saturated carbocycles. The first-order chi connectivity index (χ1) is 9.75. The molecule has 2 aromatic heterocycles. The minimum atomic E-state index is 0.396. The lowest BCUT2D eigenvalue weighted by Gasteiger charge is -2.33. The Labute approximate surface area is 119 Å². The van der Waals surface area contributed by atoms with Gasteiger partial charge < -0.3 is 10.2 Å². The Hall–Kier alpha value is -1.69. The van der Waals surface area contributed by atoms with Crippen molar-refractivity contribution in [2.75, 3.05) is 24.5 Å². The van der Waals surface area contributed by atoms with Crippen LogP contribution in [-0.4, -0.2) is 45.3 Å². The molecular weight excluding hydrogens is 252 g/mol. The molecule has 1 fully saturated rings. The van der Waals surface area contributed by atoms with Gasteiger partial charge in [-0.1, -0.05) is 0 Å². The number of nitrogens with zero attached hydrogens (tertiary/aromatic N) is 5. The van der Waals surface area contributed by atoms with Gasteiger partial charge in [0.2, 0.25) is 5.65 Å². The molecule has 1 aliphatic rings. The molecule has 3 rings (SSSR count). The van der Waals surface area contributed by atoms with E-state index in [1.165, 1.54) is 12.8 Å². The van der Waals surface area contributed by atoms with Crippen molar-refractivity contribution in [3.05, 3.63) is 18.7 Å². The van der Waals surface area contributed by atoms with E-state index in [0.717, 1.165) is 31.1 Å². The Balaban J connectivity index is 1.87. The highest BCUT2D eigenvalue weighted by Gasteiger charge is 2.22. The fourth-order valence-electron chi connectivity index (χ4n) is 2.85. The second-order valence-electron chi connectivity index (χ2n) is 5.77. The first kappa shape index (κ1) is 13.3. The van der Waals surface area contributed by atoms with Crippen molar-refractivity contribution < 1.29 is 0 Å². The lowest BCUT2D eigenvalue weighted by atomic mass is 9.98. The molecule has 1 saturated heterocycles. The molecular formula is C14H22N6. The summed E-state index contributed by atoms with van der Waals surface area (Å²) in [4.78, 5) is 6.90. The standard InChI is InChI=1S/C14H22N6/c1-11(2)20(9-12-4-3-5-15-8-12)13-14-18-17-10-19(14)7-6-16-13/h6-7,10-12,15H,3-5,8-9H2,1-2H3. The monoisotopic (exact) mass is 274 g/mol. The van der Waals surface area contributed by atoms with Crippen molar-refractivity contribution in [2.45, 2.75) is 32.7 Å². The molecule has 1 unspecified atom stereocenters. The zero-order valence-corrected chi connectivity index (χ0v) is 12.2. The van der Waals surface area contributed by atoms with Crippen LogP contribution in [0.3, 0.4) is 0 Å². The van der Waals surface area contributed by atoms with Gasteiger partial charge in [0, 0.05) is 25.0 Å². The SMILES string of the molecule is CC(C)N(CC1CCCNC1)c1nccn2cnnc12. The maximum atomic E-state index is 4.55. The van der Waals surface area contributed by atoms with Crippen molar-refractivity contribution >= 4 is 11.5 Å². The Bertz CT molecular complexity index is 558. The van der Waals surface area contributed by atoms with Gasteiger partial charge in [-0.25, -0.2) is 4.98 Å². The Morgan fingerprint density at radius 1 is 1.50 bits per heavy atom. The summed E-state index contributed by atoms with van der Waals surface area (Å²) in [6.45, 7) is 7.68. The average Bonchev–Trinajstić information content (AvgIpc) is 2.94. The quantitative estimate of drug-likeness (QED) is 0.911. The molecule has 0 spiro atoms. The lowest BCUT2D eigenvalue weighted by molar-refractivity contribution is 0.370. The highest BCUT2D eigenvalue weighted by molar-refractivity contribution is 5.63. The Morgan fingerprint density at radius 2 is 2.40 bits per heavy atom. The molecule has 0 radical (unpaired) electrons. The van der Waals surface area contributed by atoms with Crippen LogP contribution in [-0.2, 0) is 0 Å². The van der Waals surface area contributed by atoms with Crippen LogP contribution in [0.1, 0.15) is 26.7 Å². The van der Waals surface area contributed by atoms with Crippen LogP contribution in [0, 0.1) is 5.92 Å². The predicted octanol–water partition coefficient (Wildman–Crippen LogP) is 1.34. The lowest BCUT2D eigenvalue weighted by Crippen LogP contribution is -2.41. The van der Waals surface area contributed by atoms with Crippen LogP contribution >= 0.6 is 0 Å². The summed E-state index contributed by atoms with van der Waals surface area (Å²) in [6.07, 6.45) is 7.98. The number of rotatable bonds is 4. The number of fused-ring (bicyclic) bond motifs is 1. The van der Waals surface area contributed by atoms with Gasteiger partial charge in [-0.05, 0) is 45.7 Å². The van der Waals surface area contributed by atoms with Crippen molar-refractivity contribution in [3.63, 3.8) is 0 Å². The van der Waals surface area contributed by atoms with Crippen molar-refractivity contribution in [1.82, 2.24) is 24.9 Å². The molecule has 108 valence electrons. The Morgan fingerprint density at radius 3 is 3.15 bits per heavy atom. The Kier molecular flexibility index (Phi) is 3.82. The molecule has 0 amide bonds. The van der Waals surface area contributed by atoms with E-state index in [0.29, 0.717) is 12.0 Å². The van der Waals surface area contributed by atoms with E-state index in [9.17, 15) is 0 Å². The van der Waals surface area contributed by atoms with Crippen LogP contribution in [0.15, 0.2) is 18.7 Å². The van der Waals surface area contributed by atoms with E-state index in [2.05, 4.69) is 39.2 Å². The van der Waals surface area contributed by atoms with Gasteiger partial charge in [0.15, 0.2) is 5.82 Å². The summed E-state index contributed by atoms with van der Waals surface area (Å²) < 4.78 is 1.93. The van der Waals surface area contributed by atoms with E-state index < -0.39 is 0 Å². The van der Waals surface area contributed by atoms with Crippen LogP contribution < -0.4 is 10.2 Å². The summed E-state index contributed by atoms with van der Waals surface area (Å²) in [5.41, 5.74) is 0.838. The predicted molar refractivity (Wildman–Crippen MR) is 78.9 cm³/mol. The van der Waals surface area contributed by atoms with Gasteiger partial charge in [0.1, 0.15) is 6.33 Å². The molecule has 1 atom stereocenters. The minimum absolute atomic E-state index is 0.396. The van der Waals surface area contributed by atoms with Crippen LogP contribution in [0.5, 0.6) is 0 Å². The first-order valence-electron chi connectivity index (χ1n) is 7.37. The second-order valence-corrected chi connectivity index (χ2v) is 5.77. The topological polar surface area (TPSA) is 58.4 Å². The molecule has 1 N–H and O–H groups in total. The van der Waals surface area contributed by atoms with Crippen LogP contribution in [0.4, 0.5) is 5.82 Å². The second kappa shape index (κ2) is 5.75. The van der Waals surface area contributed by atoms with E-state index in [1.807, 2.05) is 16.8 Å². The number of hydrogen-bond acceptors (Lipinski definition) is 5. The first-order valence-corrected chi connectivity index (χ1v) is 7.37. The van der Waals surface area contributed by atoms with Gasteiger partial charge in [-0.15, -0.1) is 10.2 Å². The van der Waals surface area contributed by atoms with Crippen molar-refractivity contribution in [1.29, 1.82) is 0 Å². The van der Waals surface area contributed by atoms with Gasteiger partial charge in [0.25, 0.3) is 0 Å². The maximum absolute atomic E-state index is 4.55. The molecule has 1 aliphatic heterocycles. The molecule has 20 heavy (non-hydrogen) atoms. The third-order valence-electron chi connectivity index (χ3n) is 3.95. The number of aromatic nitrogens is 4. The van der Waals surface area contributed by atoms with Gasteiger partial charge in [-0.2, -0.15) is 0 Å². The fourth-order valence-corrected chi connectivity index (χ4v) is 2.85. The van der Waals surface area contributed by atoms with E-state index in [1.54, 1.807) is 6.33 Å². The van der Waals surface area contributed by atoms with Crippen LogP contribution in [0.25, 0.3) is 5.65 Å². The number of nitrogens with one attached hydrogen (secondary N) is 1. The molecule has 0 aromatic carbocycles. The summed E-state index contributed by atoms with van der Waals surface area (Å²) in [5, 5.41) is 11.7. The summed E-state index contributed by atoms with van der Waals surface area (Å²) in [7, 11) is 0. The largest absolute Gasteiger partial charge is 0.351 e. The molecule has 0 bridgehead atoms. The maximum Gasteiger partial charge on any atom is 0.203 e. The zero-order valence-electron chi connectivity index (χ0n) is 12.2. The highest BCUT2D eigenvalue weighted by atomic mass is 15.3. The smallest absolute Gasteiger partial charge is 0.203 e. The number of anilines is 1. The molecule has 6 heteroatoms. The zero-order chi connectivity index (χ0) is 13.9. The van der Waals surface area contributed by atoms with E-state index in [4.69, 9.17) is 0 Å². The van der Waals surface area contributed by atoms with E-state index >= 15 is 0 Å². The van der Waals surface area contributed by atoms with E-state index in [-0.39, 0.29) is 0 Å². The van der Waals surface area contributed by atoms with Crippen LogP contribution in [0.2, 0.25) is 0 Å². The average molecular weight is 274 g/mol. The summed E-state index contributed by atoms with van der Waals surface area (Å²) in [6, 6.07) is 0.396. The summed E-state index contributed by atoms with van der Waals surface area (Å²) in [5.74, 6) is 1.61. The third kappa shape index (κ3) is 2.60. The van der Waals surface area contributed by atoms with Gasteiger partial charge >= 0.3 is 0 Å². The molecule has 0 aliphatic carbocycles.